The molecule has 0 saturated carbocycles. The predicted octanol–water partition coefficient (Wildman–Crippen LogP) is 21.6. The highest BCUT2D eigenvalue weighted by atomic mass is 16.3. The average Bonchev–Trinajstić information content (AvgIpc) is 3.40. The molecule has 0 fully saturated rings. The molecule has 0 spiro atoms. The van der Waals surface area contributed by atoms with Crippen LogP contribution in [0.3, 0.4) is 0 Å². The third kappa shape index (κ3) is 60.1. The maximum Gasteiger partial charge on any atom is 0.220 e. The van der Waals surface area contributed by atoms with E-state index in [0.717, 1.165) is 96.3 Å². The van der Waals surface area contributed by atoms with E-state index in [0.29, 0.717) is 12.8 Å². The van der Waals surface area contributed by atoms with Crippen molar-refractivity contribution >= 4 is 5.91 Å². The van der Waals surface area contributed by atoms with Gasteiger partial charge in [-0.1, -0.05) is 329 Å². The van der Waals surface area contributed by atoms with Gasteiger partial charge in [0, 0.05) is 6.42 Å². The zero-order valence-electron chi connectivity index (χ0n) is 48.6. The minimum atomic E-state index is -0.680. The molecule has 0 aliphatic heterocycles. The summed E-state index contributed by atoms with van der Waals surface area (Å²) in [6, 6.07) is -0.560. The van der Waals surface area contributed by atoms with E-state index in [1.807, 2.05) is 0 Å². The van der Waals surface area contributed by atoms with Crippen LogP contribution in [-0.4, -0.2) is 34.9 Å². The number of nitrogens with one attached hydrogen (secondary N) is 1. The summed E-state index contributed by atoms with van der Waals surface area (Å²) in [7, 11) is 0. The monoisotopic (exact) mass is 1010 g/mol. The number of hydrogen-bond donors (Lipinski definition) is 3. The summed E-state index contributed by atoms with van der Waals surface area (Å²) in [5.74, 6) is -0.0557. The van der Waals surface area contributed by atoms with Crippen molar-refractivity contribution in [1.29, 1.82) is 0 Å². The molecule has 1 amide bonds. The van der Waals surface area contributed by atoms with E-state index in [4.69, 9.17) is 0 Å². The molecule has 422 valence electrons. The van der Waals surface area contributed by atoms with Crippen LogP contribution in [0.25, 0.3) is 0 Å². The molecule has 0 radical (unpaired) electrons. The minimum absolute atomic E-state index is 0.0557. The van der Waals surface area contributed by atoms with E-state index in [1.54, 1.807) is 0 Å². The molecule has 4 nitrogen and oxygen atoms in total. The summed E-state index contributed by atoms with van der Waals surface area (Å²) < 4.78 is 0. The number of allylic oxidation sites excluding steroid dienone is 16. The maximum absolute atomic E-state index is 12.5. The van der Waals surface area contributed by atoms with Gasteiger partial charge in [0.25, 0.3) is 0 Å². The molecule has 2 atom stereocenters. The van der Waals surface area contributed by atoms with E-state index < -0.39 is 12.1 Å². The highest BCUT2D eigenvalue weighted by Crippen LogP contribution is 2.18. The van der Waals surface area contributed by atoms with Crippen LogP contribution in [0, 0.1) is 0 Å². The lowest BCUT2D eigenvalue weighted by Crippen LogP contribution is -2.45. The molecule has 0 saturated heterocycles. The second-order valence-corrected chi connectivity index (χ2v) is 21.5. The smallest absolute Gasteiger partial charge is 0.220 e. The van der Waals surface area contributed by atoms with Crippen LogP contribution in [0.5, 0.6) is 0 Å². The zero-order valence-corrected chi connectivity index (χ0v) is 48.6. The molecule has 0 aliphatic rings. The van der Waals surface area contributed by atoms with Crippen molar-refractivity contribution < 1.29 is 15.0 Å². The van der Waals surface area contributed by atoms with Gasteiger partial charge >= 0.3 is 0 Å². The van der Waals surface area contributed by atoms with Crippen molar-refractivity contribution in [3.05, 3.63) is 97.2 Å². The largest absolute Gasteiger partial charge is 0.394 e. The van der Waals surface area contributed by atoms with Gasteiger partial charge in [-0.2, -0.15) is 0 Å². The Morgan fingerprint density at radius 3 is 0.904 bits per heavy atom. The number of rotatable bonds is 58. The van der Waals surface area contributed by atoms with Gasteiger partial charge in [0.1, 0.15) is 0 Å². The van der Waals surface area contributed by atoms with Crippen molar-refractivity contribution in [1.82, 2.24) is 5.32 Å². The summed E-state index contributed by atoms with van der Waals surface area (Å²) in [6.45, 7) is 4.26. The average molecular weight is 1010 g/mol. The predicted molar refractivity (Wildman–Crippen MR) is 326 cm³/mol. The molecule has 0 aliphatic carbocycles. The lowest BCUT2D eigenvalue weighted by molar-refractivity contribution is -0.123. The van der Waals surface area contributed by atoms with E-state index in [9.17, 15) is 15.0 Å². The minimum Gasteiger partial charge on any atom is -0.394 e. The summed E-state index contributed by atoms with van der Waals surface area (Å²) in [5, 5.41) is 23.4. The lowest BCUT2D eigenvalue weighted by Gasteiger charge is -2.22. The van der Waals surface area contributed by atoms with Gasteiger partial charge in [-0.3, -0.25) is 4.79 Å². The Labute approximate surface area is 455 Å². The SMILES string of the molecule is CC/C=C\C/C=C\C/C=C\C/C=C\C/C=C\C/C=C\C/C=C\C/C=C\CCCCCCC(=O)NC(CO)C(O)CCCCCCCCCCCCCCCCCCCCCCCCCCCCCCCCCC. The fourth-order valence-corrected chi connectivity index (χ4v) is 9.56. The molecule has 0 aromatic heterocycles. The van der Waals surface area contributed by atoms with Crippen molar-refractivity contribution in [3.8, 4) is 0 Å². The number of unbranched alkanes of at least 4 members (excludes halogenated alkanes) is 35. The van der Waals surface area contributed by atoms with Crippen molar-refractivity contribution in [2.75, 3.05) is 6.61 Å². The van der Waals surface area contributed by atoms with Crippen LogP contribution in [0.1, 0.15) is 316 Å². The fraction of sp³-hybridized carbons (Fsp3) is 0.754. The first-order chi connectivity index (χ1) is 36.2. The molecule has 0 heterocycles. The quantitative estimate of drug-likeness (QED) is 0.0420. The first kappa shape index (κ1) is 70.3. The highest BCUT2D eigenvalue weighted by molar-refractivity contribution is 5.76. The molecule has 4 heteroatoms. The molecule has 0 aromatic rings. The zero-order chi connectivity index (χ0) is 52.7. The van der Waals surface area contributed by atoms with Crippen molar-refractivity contribution in [3.63, 3.8) is 0 Å². The fourth-order valence-electron chi connectivity index (χ4n) is 9.56. The Morgan fingerprint density at radius 2 is 0.603 bits per heavy atom. The molecular weight excluding hydrogens is 891 g/mol. The Morgan fingerprint density at radius 1 is 0.342 bits per heavy atom. The first-order valence-electron chi connectivity index (χ1n) is 31.9. The van der Waals surface area contributed by atoms with E-state index in [2.05, 4.69) is 116 Å². The number of hydrogen-bond acceptors (Lipinski definition) is 3. The standard InChI is InChI=1S/C69H123NO3/c1-3-5-7-9-11-13-15-17-19-21-23-25-27-29-31-33-34-35-37-38-40-42-44-46-48-50-52-54-56-58-60-62-64-68(72)67(66-71)70-69(73)65-63-61-59-57-55-53-51-49-47-45-43-41-39-36-32-30-28-26-24-22-20-18-16-14-12-10-8-6-4-2/h6,8,12,14,18,20,24,26,30,32,39,41,45,47,51,53,67-68,71-72H,3-5,7,9-11,13,15-17,19,21-23,25,27-29,31,33-38,40,42-44,46,48-50,52,54-66H2,1-2H3,(H,70,73)/b8-6-,14-12-,20-18-,26-24-,32-30-,41-39-,47-45-,53-51-. The maximum atomic E-state index is 12.5. The Hall–Kier alpha value is -2.69. The van der Waals surface area contributed by atoms with Crippen LogP contribution in [0.4, 0.5) is 0 Å². The summed E-state index contributed by atoms with van der Waals surface area (Å²) in [6.07, 6.45) is 94.3. The third-order valence-corrected chi connectivity index (χ3v) is 14.4. The summed E-state index contributed by atoms with van der Waals surface area (Å²) >= 11 is 0. The normalized spacial score (nSPS) is 13.4. The van der Waals surface area contributed by atoms with E-state index >= 15 is 0 Å². The van der Waals surface area contributed by atoms with Gasteiger partial charge in [-0.05, 0) is 77.0 Å². The highest BCUT2D eigenvalue weighted by Gasteiger charge is 2.20. The van der Waals surface area contributed by atoms with Crippen LogP contribution in [0.2, 0.25) is 0 Å². The van der Waals surface area contributed by atoms with Crippen LogP contribution in [-0.2, 0) is 4.79 Å². The summed E-state index contributed by atoms with van der Waals surface area (Å²) in [4.78, 5) is 12.5. The van der Waals surface area contributed by atoms with Crippen LogP contribution < -0.4 is 5.32 Å². The number of aliphatic hydroxyl groups excluding tert-OH is 2. The lowest BCUT2D eigenvalue weighted by atomic mass is 10.0. The van der Waals surface area contributed by atoms with Gasteiger partial charge < -0.3 is 15.5 Å². The number of amides is 1. The Kier molecular flexibility index (Phi) is 61.3. The molecule has 73 heavy (non-hydrogen) atoms. The first-order valence-corrected chi connectivity index (χ1v) is 31.9. The molecule has 3 N–H and O–H groups in total. The van der Waals surface area contributed by atoms with Gasteiger partial charge in [-0.25, -0.2) is 0 Å². The number of carbonyl (C=O) groups excluding carboxylic acids is 1. The van der Waals surface area contributed by atoms with Gasteiger partial charge in [0.05, 0.1) is 18.8 Å². The Bertz CT molecular complexity index is 1330. The van der Waals surface area contributed by atoms with Crippen LogP contribution in [0.15, 0.2) is 97.2 Å². The van der Waals surface area contributed by atoms with Crippen LogP contribution >= 0.6 is 0 Å². The molecular formula is C69H123NO3. The number of aliphatic hydroxyl groups is 2. The number of carbonyl (C=O) groups is 1. The topological polar surface area (TPSA) is 69.6 Å². The Balaban J connectivity index is 3.52. The second kappa shape index (κ2) is 63.6. The van der Waals surface area contributed by atoms with Crippen molar-refractivity contribution in [2.24, 2.45) is 0 Å². The molecule has 0 rings (SSSR count). The summed E-state index contributed by atoms with van der Waals surface area (Å²) in [5.41, 5.74) is 0. The van der Waals surface area contributed by atoms with Crippen molar-refractivity contribution in [2.45, 2.75) is 328 Å². The third-order valence-electron chi connectivity index (χ3n) is 14.4. The molecule has 0 bridgehead atoms. The van der Waals surface area contributed by atoms with Gasteiger partial charge in [0.15, 0.2) is 0 Å². The molecule has 2 unspecified atom stereocenters. The molecule has 0 aromatic carbocycles. The van der Waals surface area contributed by atoms with Gasteiger partial charge in [0.2, 0.25) is 5.91 Å². The van der Waals surface area contributed by atoms with E-state index in [-0.39, 0.29) is 12.5 Å². The van der Waals surface area contributed by atoms with E-state index in [1.165, 1.54) is 193 Å². The van der Waals surface area contributed by atoms with Gasteiger partial charge in [-0.15, -0.1) is 0 Å². The second-order valence-electron chi connectivity index (χ2n) is 21.5.